The lowest BCUT2D eigenvalue weighted by Crippen LogP contribution is -1.99. The Bertz CT molecular complexity index is 1040. The summed E-state index contributed by atoms with van der Waals surface area (Å²) in [5.41, 5.74) is 8.56. The van der Waals surface area contributed by atoms with E-state index in [0.717, 1.165) is 16.9 Å². The van der Waals surface area contributed by atoms with Crippen LogP contribution in [-0.4, -0.2) is 28.8 Å². The molecule has 1 aromatic carbocycles. The molecule has 7 heteroatoms. The minimum absolute atomic E-state index is 0.468. The van der Waals surface area contributed by atoms with Crippen LogP contribution < -0.4 is 15.2 Å². The Hall–Kier alpha value is -3.48. The van der Waals surface area contributed by atoms with Gasteiger partial charge in [-0.1, -0.05) is 0 Å². The number of nitrogens with zero attached hydrogens (tertiary/aromatic N) is 3. The van der Waals surface area contributed by atoms with Crippen LogP contribution in [0.2, 0.25) is 0 Å². The van der Waals surface area contributed by atoms with Gasteiger partial charge in [0.2, 0.25) is 5.82 Å². The average Bonchev–Trinajstić information content (AvgIpc) is 3.30. The standard InChI is InChI=1S/C18H16N4O3/c1-23-12-5-6-13(15(10-12)24-2)11-8-16(19)22-17(9-11)20-18(21-22)14-4-3-7-25-14/h3-10H,19H2,1-2H3. The molecule has 0 aliphatic carbocycles. The monoisotopic (exact) mass is 336 g/mol. The number of ether oxygens (including phenoxy) is 2. The highest BCUT2D eigenvalue weighted by Gasteiger charge is 2.14. The summed E-state index contributed by atoms with van der Waals surface area (Å²) in [6, 6.07) is 12.9. The predicted molar refractivity (Wildman–Crippen MR) is 93.6 cm³/mol. The fraction of sp³-hybridized carbons (Fsp3) is 0.111. The molecule has 0 bridgehead atoms. The molecule has 0 amide bonds. The van der Waals surface area contributed by atoms with Gasteiger partial charge in [-0.3, -0.25) is 0 Å². The van der Waals surface area contributed by atoms with Crippen LogP contribution in [0.4, 0.5) is 5.82 Å². The molecular formula is C18H16N4O3. The predicted octanol–water partition coefficient (Wildman–Crippen LogP) is 3.26. The summed E-state index contributed by atoms with van der Waals surface area (Å²) in [6.45, 7) is 0. The zero-order valence-corrected chi connectivity index (χ0v) is 13.8. The first-order chi connectivity index (χ1) is 12.2. The number of anilines is 1. The Morgan fingerprint density at radius 1 is 1.08 bits per heavy atom. The minimum atomic E-state index is 0.468. The molecule has 0 radical (unpaired) electrons. The van der Waals surface area contributed by atoms with Crippen LogP contribution in [0.5, 0.6) is 11.5 Å². The Balaban J connectivity index is 1.86. The Morgan fingerprint density at radius 2 is 1.96 bits per heavy atom. The Kier molecular flexibility index (Phi) is 3.53. The number of hydrogen-bond donors (Lipinski definition) is 1. The van der Waals surface area contributed by atoms with Crippen LogP contribution >= 0.6 is 0 Å². The molecule has 0 fully saturated rings. The largest absolute Gasteiger partial charge is 0.497 e. The Labute approximate surface area is 143 Å². The molecule has 0 saturated heterocycles. The number of benzene rings is 1. The number of nitrogen functional groups attached to an aromatic ring is 1. The smallest absolute Gasteiger partial charge is 0.217 e. The summed E-state index contributed by atoms with van der Waals surface area (Å²) in [6.07, 6.45) is 1.58. The number of fused-ring (bicyclic) bond motifs is 1. The molecule has 25 heavy (non-hydrogen) atoms. The third-order valence-electron chi connectivity index (χ3n) is 3.93. The molecule has 4 rings (SSSR count). The van der Waals surface area contributed by atoms with Gasteiger partial charge in [-0.15, -0.1) is 5.10 Å². The summed E-state index contributed by atoms with van der Waals surface area (Å²) in [7, 11) is 3.23. The second-order valence-corrected chi connectivity index (χ2v) is 5.42. The van der Waals surface area contributed by atoms with Crippen molar-refractivity contribution in [3.63, 3.8) is 0 Å². The highest BCUT2D eigenvalue weighted by atomic mass is 16.5. The summed E-state index contributed by atoms with van der Waals surface area (Å²) in [5, 5.41) is 4.40. The van der Waals surface area contributed by atoms with Gasteiger partial charge in [-0.25, -0.2) is 4.98 Å². The van der Waals surface area contributed by atoms with E-state index in [4.69, 9.17) is 19.6 Å². The van der Waals surface area contributed by atoms with Gasteiger partial charge in [-0.2, -0.15) is 4.52 Å². The van der Waals surface area contributed by atoms with E-state index in [1.165, 1.54) is 0 Å². The van der Waals surface area contributed by atoms with Crippen molar-refractivity contribution in [2.75, 3.05) is 20.0 Å². The van der Waals surface area contributed by atoms with Crippen LogP contribution in [0.1, 0.15) is 0 Å². The van der Waals surface area contributed by atoms with Gasteiger partial charge in [-0.05, 0) is 42.0 Å². The van der Waals surface area contributed by atoms with Crippen molar-refractivity contribution in [2.24, 2.45) is 0 Å². The molecule has 3 heterocycles. The van der Waals surface area contributed by atoms with Crippen molar-refractivity contribution in [2.45, 2.75) is 0 Å². The number of nitrogens with two attached hydrogens (primary N) is 1. The van der Waals surface area contributed by atoms with Gasteiger partial charge in [0.15, 0.2) is 11.4 Å². The normalized spacial score (nSPS) is 11.0. The zero-order chi connectivity index (χ0) is 17.4. The third kappa shape index (κ3) is 2.55. The lowest BCUT2D eigenvalue weighted by atomic mass is 10.1. The van der Waals surface area contributed by atoms with Crippen LogP contribution in [-0.2, 0) is 0 Å². The summed E-state index contributed by atoms with van der Waals surface area (Å²) < 4.78 is 17.7. The van der Waals surface area contributed by atoms with Crippen molar-refractivity contribution in [1.29, 1.82) is 0 Å². The highest BCUT2D eigenvalue weighted by Crippen LogP contribution is 2.34. The van der Waals surface area contributed by atoms with E-state index in [2.05, 4.69) is 10.1 Å². The Morgan fingerprint density at radius 3 is 2.68 bits per heavy atom. The van der Waals surface area contributed by atoms with Gasteiger partial charge < -0.3 is 19.6 Å². The van der Waals surface area contributed by atoms with Crippen molar-refractivity contribution in [1.82, 2.24) is 14.6 Å². The maximum Gasteiger partial charge on any atom is 0.217 e. The highest BCUT2D eigenvalue weighted by molar-refractivity contribution is 5.76. The quantitative estimate of drug-likeness (QED) is 0.615. The van der Waals surface area contributed by atoms with E-state index in [1.54, 1.807) is 37.1 Å². The van der Waals surface area contributed by atoms with Gasteiger partial charge in [0, 0.05) is 11.6 Å². The van der Waals surface area contributed by atoms with Crippen LogP contribution in [0.3, 0.4) is 0 Å². The molecule has 0 spiro atoms. The number of hydrogen-bond acceptors (Lipinski definition) is 6. The first-order valence-electron chi connectivity index (χ1n) is 7.62. The van der Waals surface area contributed by atoms with Gasteiger partial charge in [0.1, 0.15) is 17.3 Å². The second-order valence-electron chi connectivity index (χ2n) is 5.42. The molecule has 0 aliphatic rings. The fourth-order valence-corrected chi connectivity index (χ4v) is 2.71. The van der Waals surface area contributed by atoms with Crippen molar-refractivity contribution >= 4 is 11.5 Å². The van der Waals surface area contributed by atoms with E-state index in [1.807, 2.05) is 30.3 Å². The first kappa shape index (κ1) is 15.1. The van der Waals surface area contributed by atoms with Crippen LogP contribution in [0.15, 0.2) is 53.1 Å². The molecular weight excluding hydrogens is 320 g/mol. The first-order valence-corrected chi connectivity index (χ1v) is 7.62. The lowest BCUT2D eigenvalue weighted by Gasteiger charge is -2.11. The summed E-state index contributed by atoms with van der Waals surface area (Å²) in [5.74, 6) is 2.95. The van der Waals surface area contributed by atoms with Crippen molar-refractivity contribution < 1.29 is 13.9 Å². The second kappa shape index (κ2) is 5.86. The van der Waals surface area contributed by atoms with E-state index < -0.39 is 0 Å². The van der Waals surface area contributed by atoms with E-state index in [0.29, 0.717) is 28.8 Å². The SMILES string of the molecule is COc1ccc(-c2cc(N)n3nc(-c4ccco4)nc3c2)c(OC)c1. The number of pyridine rings is 1. The average molecular weight is 336 g/mol. The van der Waals surface area contributed by atoms with E-state index in [-0.39, 0.29) is 0 Å². The fourth-order valence-electron chi connectivity index (χ4n) is 2.71. The molecule has 2 N–H and O–H groups in total. The maximum absolute atomic E-state index is 6.17. The molecule has 4 aromatic rings. The molecule has 126 valence electrons. The van der Waals surface area contributed by atoms with E-state index >= 15 is 0 Å². The molecule has 0 atom stereocenters. The van der Waals surface area contributed by atoms with Crippen LogP contribution in [0.25, 0.3) is 28.4 Å². The lowest BCUT2D eigenvalue weighted by molar-refractivity contribution is 0.395. The van der Waals surface area contributed by atoms with E-state index in [9.17, 15) is 0 Å². The zero-order valence-electron chi connectivity index (χ0n) is 13.8. The molecule has 0 aliphatic heterocycles. The topological polar surface area (TPSA) is 87.8 Å². The number of rotatable bonds is 4. The number of aromatic nitrogens is 3. The third-order valence-corrected chi connectivity index (χ3v) is 3.93. The van der Waals surface area contributed by atoms with Gasteiger partial charge >= 0.3 is 0 Å². The van der Waals surface area contributed by atoms with Crippen LogP contribution in [0, 0.1) is 0 Å². The van der Waals surface area contributed by atoms with Gasteiger partial charge in [0.05, 0.1) is 20.5 Å². The number of methoxy groups -OCH3 is 2. The minimum Gasteiger partial charge on any atom is -0.497 e. The maximum atomic E-state index is 6.17. The molecule has 0 unspecified atom stereocenters. The van der Waals surface area contributed by atoms with Crippen molar-refractivity contribution in [3.05, 3.63) is 48.7 Å². The summed E-state index contributed by atoms with van der Waals surface area (Å²) >= 11 is 0. The molecule has 7 nitrogen and oxygen atoms in total. The van der Waals surface area contributed by atoms with Crippen molar-refractivity contribution in [3.8, 4) is 34.2 Å². The summed E-state index contributed by atoms with van der Waals surface area (Å²) in [4.78, 5) is 4.50. The molecule has 3 aromatic heterocycles. The molecule has 0 saturated carbocycles. The van der Waals surface area contributed by atoms with Gasteiger partial charge in [0.25, 0.3) is 0 Å². The number of furan rings is 1.